The van der Waals surface area contributed by atoms with Crippen molar-refractivity contribution in [1.82, 2.24) is 29.5 Å². The quantitative estimate of drug-likeness (QED) is 0.0530. The molecular weight excluding hydrogens is 1170 g/mol. The largest absolute Gasteiger partial charge is 0.481 e. The van der Waals surface area contributed by atoms with E-state index in [4.69, 9.17) is 38.3 Å². The zero-order valence-corrected chi connectivity index (χ0v) is 46.9. The maximum absolute atomic E-state index is 12.6. The fourth-order valence-electron chi connectivity index (χ4n) is 9.96. The number of hydrogen-bond donors (Lipinski definition) is 6. The number of carboxylic acids is 1. The van der Waals surface area contributed by atoms with Gasteiger partial charge in [0.15, 0.2) is 40.6 Å². The summed E-state index contributed by atoms with van der Waals surface area (Å²) in [6, 6.07) is 24.9. The Bertz CT molecular complexity index is 3120. The number of fused-ring (bicyclic) bond motifs is 3. The minimum absolute atomic E-state index is 0.0524. The Morgan fingerprint density at radius 3 is 1.71 bits per heavy atom. The molecule has 6 aromatic rings. The molecule has 2 saturated carbocycles. The van der Waals surface area contributed by atoms with E-state index in [0.717, 1.165) is 45.7 Å². The van der Waals surface area contributed by atoms with E-state index in [9.17, 15) is 35.1 Å². The number of aromatic nitrogens is 6. The van der Waals surface area contributed by atoms with Crippen LogP contribution in [0.5, 0.6) is 0 Å². The molecule has 6 heterocycles. The van der Waals surface area contributed by atoms with Gasteiger partial charge >= 0.3 is 11.9 Å². The number of aliphatic hydroxyl groups is 5. The number of carbonyl (C=O) groups is 2. The second-order valence-electron chi connectivity index (χ2n) is 20.2. The number of rotatable bonds is 14. The average molecular weight is 1230 g/mol. The van der Waals surface area contributed by atoms with Gasteiger partial charge in [-0.2, -0.15) is 0 Å². The summed E-state index contributed by atoms with van der Waals surface area (Å²) >= 11 is 9.14. The molecule has 2 aromatic heterocycles. The molecular formula is C52H58Br2N6O15S2. The number of carboxylic acid groups (broad SMARTS) is 1. The highest BCUT2D eigenvalue weighted by atomic mass is 79.9. The van der Waals surface area contributed by atoms with Gasteiger partial charge in [0, 0.05) is 10.8 Å². The van der Waals surface area contributed by atoms with Crippen LogP contribution >= 0.6 is 55.4 Å². The highest BCUT2D eigenvalue weighted by Gasteiger charge is 2.58. The molecule has 4 aliphatic heterocycles. The Morgan fingerprint density at radius 1 is 0.701 bits per heavy atom. The maximum Gasteiger partial charge on any atom is 0.316 e. The van der Waals surface area contributed by atoms with E-state index in [1.807, 2.05) is 53.3 Å². The van der Waals surface area contributed by atoms with Gasteiger partial charge in [-0.3, -0.25) is 18.7 Å². The number of carbonyl (C=O) groups excluding carboxylic acids is 1. The van der Waals surface area contributed by atoms with E-state index in [-0.39, 0.29) is 17.6 Å². The standard InChI is InChI=1S/C23H24BrN3O7S.C17H14BrN3O2S.C12H20O6/c24-22-25-26-23(35-10-17(30)33-20-18(31)21(32)34-19(20)16(29)9-28)27(22)15-8-7-12(11-5-6-11)13-3-1-2-4-14(13)15;18-16-19-20-17(24-9-15(22)23)21(16)14-8-7-11(10-5-6-10)12-3-1-2-4-13(12)14;1-11(2)14-5-6(16-11)8-7(13)9-10(15-8)18-12(3,4)17-9/h1-4,7-8,11,16,18-21,28-29,31-32H,5-6,9-10H2;1-4,7-8,10H,5-6,9H2,(H,22,23);6-10,13H,5H2,1-4H3. The van der Waals surface area contributed by atoms with Crippen LogP contribution in [0.15, 0.2) is 92.6 Å². The molecule has 0 amide bonds. The van der Waals surface area contributed by atoms with E-state index < -0.39 is 85.4 Å². The first-order chi connectivity index (χ1) is 36.8. The molecule has 12 rings (SSSR count). The normalized spacial score (nSPS) is 27.4. The Balaban J connectivity index is 0.000000139. The van der Waals surface area contributed by atoms with Crippen molar-refractivity contribution < 1.29 is 73.4 Å². The lowest BCUT2D eigenvalue weighted by atomic mass is 9.99. The molecule has 25 heteroatoms. The predicted molar refractivity (Wildman–Crippen MR) is 286 cm³/mol. The van der Waals surface area contributed by atoms with Crippen molar-refractivity contribution >= 4 is 88.9 Å². The molecule has 6 N–H and O–H groups in total. The van der Waals surface area contributed by atoms with Gasteiger partial charge in [-0.25, -0.2) is 0 Å². The lowest BCUT2D eigenvalue weighted by Crippen LogP contribution is -2.43. The van der Waals surface area contributed by atoms with Crippen LogP contribution in [0.3, 0.4) is 0 Å². The van der Waals surface area contributed by atoms with Gasteiger partial charge in [-0.1, -0.05) is 84.2 Å². The Morgan fingerprint density at radius 2 is 1.23 bits per heavy atom. The van der Waals surface area contributed by atoms with Crippen LogP contribution < -0.4 is 0 Å². The van der Waals surface area contributed by atoms with Crippen LogP contribution in [-0.2, 0) is 42.7 Å². The summed E-state index contributed by atoms with van der Waals surface area (Å²) in [6.07, 6.45) is -4.86. The van der Waals surface area contributed by atoms with Gasteiger partial charge in [0.05, 0.1) is 36.1 Å². The molecule has 77 heavy (non-hydrogen) atoms. The van der Waals surface area contributed by atoms with Crippen LogP contribution in [0.25, 0.3) is 32.9 Å². The number of thioether (sulfide) groups is 2. The minimum Gasteiger partial charge on any atom is -0.481 e. The summed E-state index contributed by atoms with van der Waals surface area (Å²) in [7, 11) is 0. The number of esters is 1. The van der Waals surface area contributed by atoms with Crippen molar-refractivity contribution in [2.45, 2.75) is 149 Å². The Kier molecular flexibility index (Phi) is 16.9. The molecule has 10 atom stereocenters. The topological polar surface area (TPSA) is 282 Å². The summed E-state index contributed by atoms with van der Waals surface area (Å²) in [4.78, 5) is 23.4. The molecule has 21 nitrogen and oxygen atoms in total. The summed E-state index contributed by atoms with van der Waals surface area (Å²) in [5.74, 6) is -1.92. The Hall–Kier alpha value is -4.16. The third kappa shape index (κ3) is 12.3. The number of aliphatic carboxylic acids is 1. The van der Waals surface area contributed by atoms with Gasteiger partial charge in [0.2, 0.25) is 9.47 Å². The van der Waals surface area contributed by atoms with Crippen LogP contribution in [0, 0.1) is 0 Å². The number of benzene rings is 4. The fourth-order valence-corrected chi connectivity index (χ4v) is 12.5. The summed E-state index contributed by atoms with van der Waals surface area (Å²) in [6.45, 7) is 7.00. The van der Waals surface area contributed by atoms with E-state index in [0.29, 0.717) is 38.2 Å². The van der Waals surface area contributed by atoms with Crippen LogP contribution in [0.2, 0.25) is 0 Å². The molecule has 4 aromatic carbocycles. The molecule has 412 valence electrons. The molecule has 6 aliphatic rings. The van der Waals surface area contributed by atoms with Crippen molar-refractivity contribution in [2.24, 2.45) is 0 Å². The van der Waals surface area contributed by atoms with E-state index in [1.54, 1.807) is 13.8 Å². The minimum atomic E-state index is -1.64. The van der Waals surface area contributed by atoms with Gasteiger partial charge < -0.3 is 63.8 Å². The number of ether oxygens (including phenoxy) is 7. The molecule has 0 spiro atoms. The summed E-state index contributed by atoms with van der Waals surface area (Å²) in [5, 5.41) is 80.1. The molecule has 4 saturated heterocycles. The Labute approximate surface area is 467 Å². The van der Waals surface area contributed by atoms with Gasteiger partial charge in [0.25, 0.3) is 0 Å². The van der Waals surface area contributed by atoms with Crippen LogP contribution in [0.1, 0.15) is 76.3 Å². The molecule has 0 bridgehead atoms. The van der Waals surface area contributed by atoms with Gasteiger partial charge in [-0.15, -0.1) is 20.4 Å². The molecule has 10 unspecified atom stereocenters. The molecule has 2 aliphatic carbocycles. The SMILES string of the molecule is CC1(C)OCC(C2OC3OC(C)(C)OC3C2O)O1.O=C(CSc1nnc(Br)n1-c1ccc(C2CC2)c2ccccc12)OC1C(O)C(O)OC1C(O)CO.O=C(O)CSc1nnc(Br)n1-c1ccc(C2CC2)c2ccccc12. The van der Waals surface area contributed by atoms with Gasteiger partial charge in [0.1, 0.15) is 42.7 Å². The first-order valence-electron chi connectivity index (χ1n) is 25.1. The lowest BCUT2D eigenvalue weighted by molar-refractivity contribution is -0.232. The van der Waals surface area contributed by atoms with Crippen molar-refractivity contribution in [3.63, 3.8) is 0 Å². The van der Waals surface area contributed by atoms with Crippen molar-refractivity contribution in [3.8, 4) is 11.4 Å². The van der Waals surface area contributed by atoms with Crippen LogP contribution in [0.4, 0.5) is 0 Å². The van der Waals surface area contributed by atoms with Crippen molar-refractivity contribution in [2.75, 3.05) is 24.7 Å². The fraction of sp³-hybridized carbons (Fsp3) is 0.500. The summed E-state index contributed by atoms with van der Waals surface area (Å²) in [5.41, 5.74) is 4.54. The second-order valence-corrected chi connectivity index (χ2v) is 23.5. The second kappa shape index (κ2) is 23.1. The first kappa shape index (κ1) is 56.1. The summed E-state index contributed by atoms with van der Waals surface area (Å²) < 4.78 is 43.2. The van der Waals surface area contributed by atoms with Gasteiger partial charge in [-0.05, 0) is 131 Å². The van der Waals surface area contributed by atoms with E-state index in [1.165, 1.54) is 47.6 Å². The lowest BCUT2D eigenvalue weighted by Gasteiger charge is -2.26. The number of halogens is 2. The first-order valence-corrected chi connectivity index (χ1v) is 28.6. The van der Waals surface area contributed by atoms with E-state index >= 15 is 0 Å². The smallest absolute Gasteiger partial charge is 0.316 e. The molecule has 0 radical (unpaired) electrons. The van der Waals surface area contributed by atoms with Crippen molar-refractivity contribution in [1.29, 1.82) is 0 Å². The third-order valence-corrected chi connectivity index (χ3v) is 16.6. The zero-order chi connectivity index (χ0) is 54.5. The molecule has 6 fully saturated rings. The number of nitrogens with zero attached hydrogens (tertiary/aromatic N) is 6. The van der Waals surface area contributed by atoms with Crippen molar-refractivity contribution in [3.05, 3.63) is 93.4 Å². The monoisotopic (exact) mass is 1230 g/mol. The highest BCUT2D eigenvalue weighted by molar-refractivity contribution is 9.10. The van der Waals surface area contributed by atoms with E-state index in [2.05, 4.69) is 94.7 Å². The predicted octanol–water partition coefficient (Wildman–Crippen LogP) is 6.11. The highest BCUT2D eigenvalue weighted by Crippen LogP contribution is 2.46. The maximum atomic E-state index is 12.6. The zero-order valence-electron chi connectivity index (χ0n) is 42.1. The third-order valence-electron chi connectivity index (χ3n) is 13.7. The number of hydrogen-bond acceptors (Lipinski definition) is 20. The average Bonchev–Trinajstić information content (AvgIpc) is 4.28. The van der Waals surface area contributed by atoms with Crippen LogP contribution in [-0.4, -0.2) is 170 Å². The number of aliphatic hydroxyl groups excluding tert-OH is 5.